The molecular formula is C23H26N10O. The Kier molecular flexibility index (Phi) is 5.91. The lowest BCUT2D eigenvalue weighted by Crippen LogP contribution is -2.43. The third-order valence-corrected chi connectivity index (χ3v) is 5.89. The maximum absolute atomic E-state index is 12.1. The Hall–Kier alpha value is -4.25. The van der Waals surface area contributed by atoms with Crippen LogP contribution in [0.5, 0.6) is 0 Å². The highest BCUT2D eigenvalue weighted by Crippen LogP contribution is 2.26. The van der Waals surface area contributed by atoms with Crippen molar-refractivity contribution >= 4 is 23.4 Å². The van der Waals surface area contributed by atoms with Gasteiger partial charge in [0.05, 0.1) is 11.4 Å². The molecule has 11 heteroatoms. The standard InChI is InChI=1S/C23H26N10O/c24-19-5-1-2-6-20(19)30-23-26-14-18(21(25)34)22(31-23)29-15-11-16(32-9-3-7-27-32)13-17(12-15)33-10-4-8-28-33/h3-4,7-14,19-20H,1-2,5-6,24H2,(H2,25,34)(H2,26,29,30,31)/t19-,20+/m0/s1. The van der Waals surface area contributed by atoms with Crippen LogP contribution in [0.15, 0.2) is 61.3 Å². The molecule has 2 atom stereocenters. The zero-order chi connectivity index (χ0) is 23.5. The first-order valence-corrected chi connectivity index (χ1v) is 11.2. The van der Waals surface area contributed by atoms with Crippen molar-refractivity contribution < 1.29 is 4.79 Å². The molecule has 174 valence electrons. The lowest BCUT2D eigenvalue weighted by Gasteiger charge is -2.29. The molecule has 3 heterocycles. The van der Waals surface area contributed by atoms with Crippen LogP contribution in [0, 0.1) is 0 Å². The molecule has 11 nitrogen and oxygen atoms in total. The van der Waals surface area contributed by atoms with Crippen LogP contribution >= 0.6 is 0 Å². The summed E-state index contributed by atoms with van der Waals surface area (Å²) in [5.41, 5.74) is 14.4. The van der Waals surface area contributed by atoms with E-state index in [1.54, 1.807) is 21.8 Å². The van der Waals surface area contributed by atoms with Crippen LogP contribution in [0.2, 0.25) is 0 Å². The summed E-state index contributed by atoms with van der Waals surface area (Å²) in [6.45, 7) is 0. The predicted molar refractivity (Wildman–Crippen MR) is 128 cm³/mol. The molecule has 0 saturated heterocycles. The minimum Gasteiger partial charge on any atom is -0.365 e. The SMILES string of the molecule is NC(=O)c1cnc(N[C@@H]2CCCC[C@@H]2N)nc1Nc1cc(-n2cccn2)cc(-n2cccn2)c1. The van der Waals surface area contributed by atoms with E-state index < -0.39 is 5.91 Å². The van der Waals surface area contributed by atoms with E-state index in [-0.39, 0.29) is 17.6 Å². The van der Waals surface area contributed by atoms with Crippen molar-refractivity contribution in [2.24, 2.45) is 11.5 Å². The Morgan fingerprint density at radius 1 is 1.00 bits per heavy atom. The van der Waals surface area contributed by atoms with Crippen molar-refractivity contribution in [2.45, 2.75) is 37.8 Å². The Morgan fingerprint density at radius 2 is 1.68 bits per heavy atom. The number of benzene rings is 1. The average molecular weight is 459 g/mol. The molecule has 1 amide bonds. The van der Waals surface area contributed by atoms with E-state index in [0.29, 0.717) is 17.5 Å². The van der Waals surface area contributed by atoms with Crippen LogP contribution in [-0.4, -0.2) is 47.5 Å². The summed E-state index contributed by atoms with van der Waals surface area (Å²) in [5, 5.41) is 15.2. The van der Waals surface area contributed by atoms with Crippen molar-refractivity contribution in [3.63, 3.8) is 0 Å². The summed E-state index contributed by atoms with van der Waals surface area (Å²) >= 11 is 0. The van der Waals surface area contributed by atoms with Crippen LogP contribution < -0.4 is 22.1 Å². The molecule has 1 aliphatic carbocycles. The molecule has 1 saturated carbocycles. The summed E-state index contributed by atoms with van der Waals surface area (Å²) < 4.78 is 3.48. The lowest BCUT2D eigenvalue weighted by molar-refractivity contribution is 0.100. The first kappa shape index (κ1) is 21.6. The molecule has 1 aromatic carbocycles. The molecule has 0 bridgehead atoms. The second-order valence-electron chi connectivity index (χ2n) is 8.28. The van der Waals surface area contributed by atoms with Crippen LogP contribution in [0.4, 0.5) is 17.5 Å². The molecule has 5 rings (SSSR count). The van der Waals surface area contributed by atoms with E-state index >= 15 is 0 Å². The Balaban J connectivity index is 1.50. The van der Waals surface area contributed by atoms with Gasteiger partial charge in [-0.3, -0.25) is 4.79 Å². The molecular weight excluding hydrogens is 432 g/mol. The smallest absolute Gasteiger partial charge is 0.254 e. The summed E-state index contributed by atoms with van der Waals surface area (Å²) in [6, 6.07) is 9.56. The average Bonchev–Trinajstić information content (AvgIpc) is 3.55. The number of carbonyl (C=O) groups excluding carboxylic acids is 1. The highest BCUT2D eigenvalue weighted by atomic mass is 16.1. The molecule has 0 aliphatic heterocycles. The van der Waals surface area contributed by atoms with Crippen molar-refractivity contribution in [3.8, 4) is 11.4 Å². The Morgan fingerprint density at radius 3 is 2.26 bits per heavy atom. The normalized spacial score (nSPS) is 17.9. The number of primary amides is 1. The number of amides is 1. The van der Waals surface area contributed by atoms with Gasteiger partial charge in [-0.1, -0.05) is 12.8 Å². The first-order chi connectivity index (χ1) is 16.6. The number of hydrogen-bond acceptors (Lipinski definition) is 8. The highest BCUT2D eigenvalue weighted by Gasteiger charge is 2.23. The van der Waals surface area contributed by atoms with E-state index in [4.69, 9.17) is 11.5 Å². The second kappa shape index (κ2) is 9.32. The summed E-state index contributed by atoms with van der Waals surface area (Å²) in [6.07, 6.45) is 12.7. The monoisotopic (exact) mass is 458 g/mol. The molecule has 0 spiro atoms. The van der Waals surface area contributed by atoms with Gasteiger partial charge in [0.15, 0.2) is 0 Å². The number of rotatable bonds is 7. The Bertz CT molecular complexity index is 1220. The van der Waals surface area contributed by atoms with Crippen molar-refractivity contribution in [3.05, 3.63) is 66.9 Å². The van der Waals surface area contributed by atoms with Crippen LogP contribution in [0.3, 0.4) is 0 Å². The van der Waals surface area contributed by atoms with Gasteiger partial charge < -0.3 is 22.1 Å². The molecule has 1 fully saturated rings. The fraction of sp³-hybridized carbons (Fsp3) is 0.261. The molecule has 0 radical (unpaired) electrons. The third kappa shape index (κ3) is 4.59. The number of nitrogens with zero attached hydrogens (tertiary/aromatic N) is 6. The van der Waals surface area contributed by atoms with Gasteiger partial charge in [0, 0.05) is 48.8 Å². The minimum absolute atomic E-state index is 0.0342. The van der Waals surface area contributed by atoms with Gasteiger partial charge in [0.1, 0.15) is 11.4 Å². The van der Waals surface area contributed by atoms with Gasteiger partial charge in [-0.2, -0.15) is 15.2 Å². The summed E-state index contributed by atoms with van der Waals surface area (Å²) in [5.74, 6) is 0.0720. The fourth-order valence-corrected chi connectivity index (χ4v) is 4.14. The quantitative estimate of drug-likeness (QED) is 0.329. The zero-order valence-corrected chi connectivity index (χ0v) is 18.5. The van der Waals surface area contributed by atoms with E-state index in [2.05, 4.69) is 30.8 Å². The molecule has 0 unspecified atom stereocenters. The number of carbonyl (C=O) groups is 1. The van der Waals surface area contributed by atoms with Crippen LogP contribution in [0.25, 0.3) is 11.4 Å². The first-order valence-electron chi connectivity index (χ1n) is 11.2. The largest absolute Gasteiger partial charge is 0.365 e. The maximum Gasteiger partial charge on any atom is 0.254 e. The highest BCUT2D eigenvalue weighted by molar-refractivity contribution is 5.98. The zero-order valence-electron chi connectivity index (χ0n) is 18.5. The molecule has 6 N–H and O–H groups in total. The van der Waals surface area contributed by atoms with Gasteiger partial charge in [0.25, 0.3) is 5.91 Å². The summed E-state index contributed by atoms with van der Waals surface area (Å²) in [7, 11) is 0. The summed E-state index contributed by atoms with van der Waals surface area (Å²) in [4.78, 5) is 21.0. The molecule has 34 heavy (non-hydrogen) atoms. The number of nitrogens with one attached hydrogen (secondary N) is 2. The molecule has 4 aromatic rings. The minimum atomic E-state index is -0.626. The van der Waals surface area contributed by atoms with Crippen LogP contribution in [0.1, 0.15) is 36.0 Å². The topological polar surface area (TPSA) is 155 Å². The van der Waals surface area contributed by atoms with E-state index in [9.17, 15) is 4.79 Å². The van der Waals surface area contributed by atoms with Crippen molar-refractivity contribution in [1.29, 1.82) is 0 Å². The van der Waals surface area contributed by atoms with Crippen LogP contribution in [-0.2, 0) is 0 Å². The van der Waals surface area contributed by atoms with E-state index in [1.165, 1.54) is 6.20 Å². The van der Waals surface area contributed by atoms with Gasteiger partial charge in [-0.25, -0.2) is 14.3 Å². The second-order valence-corrected chi connectivity index (χ2v) is 8.28. The lowest BCUT2D eigenvalue weighted by atomic mass is 9.91. The van der Waals surface area contributed by atoms with E-state index in [1.807, 2.05) is 42.7 Å². The maximum atomic E-state index is 12.1. The Labute approximate surface area is 196 Å². The molecule has 1 aliphatic rings. The van der Waals surface area contributed by atoms with Gasteiger partial charge in [0.2, 0.25) is 5.95 Å². The number of hydrogen-bond donors (Lipinski definition) is 4. The third-order valence-electron chi connectivity index (χ3n) is 5.89. The van der Waals surface area contributed by atoms with Gasteiger partial charge in [-0.15, -0.1) is 0 Å². The number of nitrogens with two attached hydrogens (primary N) is 2. The number of anilines is 3. The predicted octanol–water partition coefficient (Wildman–Crippen LogP) is 2.37. The molecule has 3 aromatic heterocycles. The van der Waals surface area contributed by atoms with Gasteiger partial charge in [-0.05, 0) is 43.2 Å². The number of aromatic nitrogens is 6. The van der Waals surface area contributed by atoms with Crippen molar-refractivity contribution in [2.75, 3.05) is 10.6 Å². The van der Waals surface area contributed by atoms with Gasteiger partial charge >= 0.3 is 0 Å². The van der Waals surface area contributed by atoms with Crippen molar-refractivity contribution in [1.82, 2.24) is 29.5 Å². The van der Waals surface area contributed by atoms with E-state index in [0.717, 1.165) is 37.1 Å². The fourth-order valence-electron chi connectivity index (χ4n) is 4.14.